The molecule has 1 N–H and O–H groups in total. The minimum Gasteiger partial charge on any atom is -0.313 e. The molecule has 3 nitrogen and oxygen atoms in total. The summed E-state index contributed by atoms with van der Waals surface area (Å²) in [5, 5.41) is 3.54. The maximum absolute atomic E-state index is 12.3. The van der Waals surface area contributed by atoms with Gasteiger partial charge in [0.1, 0.15) is 0 Å². The summed E-state index contributed by atoms with van der Waals surface area (Å²) in [5.74, 6) is 0.0905. The molecule has 0 bridgehead atoms. The SMILES string of the molecule is CCCNC(CC)CS(=O)(=O)c1ccccc1Cl. The van der Waals surface area contributed by atoms with Gasteiger partial charge in [-0.25, -0.2) is 8.42 Å². The zero-order valence-corrected chi connectivity index (χ0v) is 12.4. The van der Waals surface area contributed by atoms with E-state index in [-0.39, 0.29) is 16.7 Å². The van der Waals surface area contributed by atoms with Crippen LogP contribution in [0.15, 0.2) is 29.2 Å². The molecule has 1 unspecified atom stereocenters. The van der Waals surface area contributed by atoms with E-state index >= 15 is 0 Å². The number of hydrogen-bond donors (Lipinski definition) is 1. The van der Waals surface area contributed by atoms with Crippen molar-refractivity contribution in [2.75, 3.05) is 12.3 Å². The van der Waals surface area contributed by atoms with Crippen molar-refractivity contribution in [2.24, 2.45) is 0 Å². The van der Waals surface area contributed by atoms with Crippen LogP contribution in [0.5, 0.6) is 0 Å². The lowest BCUT2D eigenvalue weighted by Gasteiger charge is -2.17. The Morgan fingerprint density at radius 3 is 2.50 bits per heavy atom. The van der Waals surface area contributed by atoms with Gasteiger partial charge in [-0.15, -0.1) is 0 Å². The van der Waals surface area contributed by atoms with Crippen LogP contribution in [0.2, 0.25) is 5.02 Å². The van der Waals surface area contributed by atoms with Crippen LogP contribution < -0.4 is 5.32 Å². The summed E-state index contributed by atoms with van der Waals surface area (Å²) in [4.78, 5) is 0.225. The van der Waals surface area contributed by atoms with E-state index < -0.39 is 9.84 Å². The van der Waals surface area contributed by atoms with Gasteiger partial charge in [-0.1, -0.05) is 37.6 Å². The fraction of sp³-hybridized carbons (Fsp3) is 0.538. The Balaban J connectivity index is 2.84. The van der Waals surface area contributed by atoms with Gasteiger partial charge in [0.05, 0.1) is 15.7 Å². The summed E-state index contributed by atoms with van der Waals surface area (Å²) < 4.78 is 24.5. The topological polar surface area (TPSA) is 46.2 Å². The van der Waals surface area contributed by atoms with Gasteiger partial charge < -0.3 is 5.32 Å². The molecule has 0 heterocycles. The molecule has 1 rings (SSSR count). The second-order valence-electron chi connectivity index (χ2n) is 4.27. The van der Waals surface area contributed by atoms with Crippen LogP contribution in [-0.2, 0) is 9.84 Å². The summed E-state index contributed by atoms with van der Waals surface area (Å²) in [7, 11) is -3.33. The first-order valence-corrected chi connectivity index (χ1v) is 8.25. The number of sulfone groups is 1. The summed E-state index contributed by atoms with van der Waals surface area (Å²) in [5.41, 5.74) is 0. The van der Waals surface area contributed by atoms with Crippen LogP contribution in [0.1, 0.15) is 26.7 Å². The maximum atomic E-state index is 12.3. The van der Waals surface area contributed by atoms with E-state index in [0.717, 1.165) is 19.4 Å². The highest BCUT2D eigenvalue weighted by molar-refractivity contribution is 7.91. The Kier molecular flexibility index (Phi) is 6.12. The van der Waals surface area contributed by atoms with E-state index in [1.54, 1.807) is 24.3 Å². The number of benzene rings is 1. The van der Waals surface area contributed by atoms with Crippen LogP contribution in [-0.4, -0.2) is 26.8 Å². The average Bonchev–Trinajstić information content (AvgIpc) is 2.34. The molecule has 0 aromatic heterocycles. The molecule has 0 radical (unpaired) electrons. The fourth-order valence-corrected chi connectivity index (χ4v) is 3.92. The van der Waals surface area contributed by atoms with E-state index in [9.17, 15) is 8.42 Å². The molecule has 0 aliphatic heterocycles. The van der Waals surface area contributed by atoms with Gasteiger partial charge in [-0.3, -0.25) is 0 Å². The van der Waals surface area contributed by atoms with E-state index in [0.29, 0.717) is 5.02 Å². The largest absolute Gasteiger partial charge is 0.313 e. The standard InChI is InChI=1S/C13H20ClNO2S/c1-3-9-15-11(4-2)10-18(16,17)13-8-6-5-7-12(13)14/h5-8,11,15H,3-4,9-10H2,1-2H3. The van der Waals surface area contributed by atoms with E-state index in [2.05, 4.69) is 12.2 Å². The van der Waals surface area contributed by atoms with Crippen molar-refractivity contribution in [2.45, 2.75) is 37.6 Å². The molecule has 1 aromatic carbocycles. The first-order chi connectivity index (χ1) is 8.51. The Hall–Kier alpha value is -0.580. The Morgan fingerprint density at radius 1 is 1.28 bits per heavy atom. The first-order valence-electron chi connectivity index (χ1n) is 6.22. The third-order valence-electron chi connectivity index (χ3n) is 2.77. The van der Waals surface area contributed by atoms with E-state index in [1.807, 2.05) is 6.92 Å². The van der Waals surface area contributed by atoms with Crippen molar-refractivity contribution in [3.8, 4) is 0 Å². The van der Waals surface area contributed by atoms with Crippen molar-refractivity contribution in [3.05, 3.63) is 29.3 Å². The molecular weight excluding hydrogens is 270 g/mol. The van der Waals surface area contributed by atoms with Gasteiger partial charge in [0.2, 0.25) is 0 Å². The van der Waals surface area contributed by atoms with Gasteiger partial charge >= 0.3 is 0 Å². The van der Waals surface area contributed by atoms with Gasteiger partial charge in [0, 0.05) is 6.04 Å². The predicted molar refractivity (Wildman–Crippen MR) is 75.9 cm³/mol. The molecule has 18 heavy (non-hydrogen) atoms. The zero-order valence-electron chi connectivity index (χ0n) is 10.8. The molecule has 0 saturated carbocycles. The highest BCUT2D eigenvalue weighted by atomic mass is 35.5. The lowest BCUT2D eigenvalue weighted by Crippen LogP contribution is -2.35. The number of nitrogens with one attached hydrogen (secondary N) is 1. The minimum atomic E-state index is -3.33. The maximum Gasteiger partial charge on any atom is 0.181 e. The van der Waals surface area contributed by atoms with Crippen LogP contribution in [0.25, 0.3) is 0 Å². The summed E-state index contributed by atoms with van der Waals surface area (Å²) in [6.45, 7) is 4.87. The van der Waals surface area contributed by atoms with Crippen molar-refractivity contribution in [1.29, 1.82) is 0 Å². The quantitative estimate of drug-likeness (QED) is 0.839. The lowest BCUT2D eigenvalue weighted by atomic mass is 10.2. The number of halogens is 1. The number of rotatable bonds is 7. The molecule has 1 atom stereocenters. The lowest BCUT2D eigenvalue weighted by molar-refractivity contribution is 0.519. The van der Waals surface area contributed by atoms with Crippen molar-refractivity contribution >= 4 is 21.4 Å². The fourth-order valence-electron chi connectivity index (χ4n) is 1.72. The van der Waals surface area contributed by atoms with Crippen LogP contribution >= 0.6 is 11.6 Å². The Morgan fingerprint density at radius 2 is 1.94 bits per heavy atom. The van der Waals surface area contributed by atoms with Crippen LogP contribution in [0, 0.1) is 0 Å². The van der Waals surface area contributed by atoms with Gasteiger partial charge in [0.15, 0.2) is 9.84 Å². The molecular formula is C13H20ClNO2S. The van der Waals surface area contributed by atoms with Crippen molar-refractivity contribution in [3.63, 3.8) is 0 Å². The molecule has 5 heteroatoms. The molecule has 0 saturated heterocycles. The second-order valence-corrected chi connectivity index (χ2v) is 6.68. The summed E-state index contributed by atoms with van der Waals surface area (Å²) >= 11 is 5.94. The Labute approximate surface area is 114 Å². The minimum absolute atomic E-state index is 0.0220. The smallest absolute Gasteiger partial charge is 0.181 e. The molecule has 0 aliphatic rings. The van der Waals surface area contributed by atoms with E-state index in [1.165, 1.54) is 0 Å². The number of hydrogen-bond acceptors (Lipinski definition) is 3. The van der Waals surface area contributed by atoms with Crippen molar-refractivity contribution in [1.82, 2.24) is 5.32 Å². The molecule has 1 aromatic rings. The van der Waals surface area contributed by atoms with E-state index in [4.69, 9.17) is 11.6 Å². The summed E-state index contributed by atoms with van der Waals surface area (Å²) in [6, 6.07) is 6.57. The average molecular weight is 290 g/mol. The molecule has 0 spiro atoms. The second kappa shape index (κ2) is 7.12. The molecule has 102 valence electrons. The zero-order chi connectivity index (χ0) is 13.6. The highest BCUT2D eigenvalue weighted by Crippen LogP contribution is 2.22. The molecule has 0 amide bonds. The molecule has 0 fully saturated rings. The Bertz CT molecular complexity index is 474. The van der Waals surface area contributed by atoms with Gasteiger partial charge in [0.25, 0.3) is 0 Å². The van der Waals surface area contributed by atoms with Gasteiger partial charge in [-0.05, 0) is 31.5 Å². The third-order valence-corrected chi connectivity index (χ3v) is 5.08. The first kappa shape index (κ1) is 15.5. The molecule has 0 aliphatic carbocycles. The van der Waals surface area contributed by atoms with Crippen molar-refractivity contribution < 1.29 is 8.42 Å². The summed E-state index contributed by atoms with van der Waals surface area (Å²) in [6.07, 6.45) is 1.77. The predicted octanol–water partition coefficient (Wildman–Crippen LogP) is 2.89. The third kappa shape index (κ3) is 4.26. The van der Waals surface area contributed by atoms with Crippen LogP contribution in [0.3, 0.4) is 0 Å². The normalized spacial score (nSPS) is 13.5. The monoisotopic (exact) mass is 289 g/mol. The highest BCUT2D eigenvalue weighted by Gasteiger charge is 2.21. The van der Waals surface area contributed by atoms with Gasteiger partial charge in [-0.2, -0.15) is 0 Å². The van der Waals surface area contributed by atoms with Crippen LogP contribution in [0.4, 0.5) is 0 Å².